The zero-order chi connectivity index (χ0) is 29.6. The lowest BCUT2D eigenvalue weighted by molar-refractivity contribution is -0.384. The van der Waals surface area contributed by atoms with E-state index >= 15 is 0 Å². The summed E-state index contributed by atoms with van der Waals surface area (Å²) in [6, 6.07) is 4.41. The van der Waals surface area contributed by atoms with Crippen LogP contribution in [0.25, 0.3) is 0 Å². The third-order valence-electron chi connectivity index (χ3n) is 8.81. The van der Waals surface area contributed by atoms with Gasteiger partial charge in [0.25, 0.3) is 5.69 Å². The molecule has 1 fully saturated rings. The lowest BCUT2D eigenvalue weighted by Gasteiger charge is -2.61. The van der Waals surface area contributed by atoms with Crippen LogP contribution >= 0.6 is 0 Å². The molecule has 1 aliphatic heterocycles. The van der Waals surface area contributed by atoms with Crippen molar-refractivity contribution in [1.29, 1.82) is 0 Å². The molecule has 1 aliphatic rings. The third-order valence-corrected chi connectivity index (χ3v) is 18.8. The Morgan fingerprint density at radius 3 is 1.89 bits per heavy atom. The number of nitro benzene ring substituents is 1. The van der Waals surface area contributed by atoms with E-state index in [1.807, 2.05) is 11.5 Å². The van der Waals surface area contributed by atoms with Gasteiger partial charge in [-0.25, -0.2) is 4.79 Å². The van der Waals surface area contributed by atoms with Gasteiger partial charge in [0, 0.05) is 12.1 Å². The first-order chi connectivity index (χ1) is 17.0. The molecule has 1 aromatic carbocycles. The lowest BCUT2D eigenvalue weighted by atomic mass is 9.78. The second kappa shape index (κ2) is 10.7. The number of amides is 1. The zero-order valence-corrected chi connectivity index (χ0v) is 26.9. The second-order valence-electron chi connectivity index (χ2n) is 13.4. The predicted octanol–water partition coefficient (Wildman–Crippen LogP) is 6.16. The van der Waals surface area contributed by atoms with Crippen molar-refractivity contribution >= 4 is 40.1 Å². The number of non-ortho nitro benzene ring substituents is 1. The number of carbonyl (C=O) groups is 3. The van der Waals surface area contributed by atoms with Gasteiger partial charge in [0.2, 0.25) is 5.91 Å². The van der Waals surface area contributed by atoms with Gasteiger partial charge in [0.1, 0.15) is 0 Å². The van der Waals surface area contributed by atoms with Crippen LogP contribution in [-0.2, 0) is 18.8 Å². The molecule has 212 valence electrons. The highest BCUT2D eigenvalue weighted by Crippen LogP contribution is 2.49. The average molecular weight is 565 g/mol. The maximum absolute atomic E-state index is 13.7. The van der Waals surface area contributed by atoms with Crippen LogP contribution in [0, 0.1) is 22.0 Å². The summed E-state index contributed by atoms with van der Waals surface area (Å²) in [6.07, 6.45) is -0.407. The van der Waals surface area contributed by atoms with Crippen molar-refractivity contribution in [2.45, 2.75) is 104 Å². The van der Waals surface area contributed by atoms with Crippen molar-refractivity contribution < 1.29 is 28.5 Å². The molecule has 0 spiro atoms. The van der Waals surface area contributed by atoms with Gasteiger partial charge < -0.3 is 13.7 Å². The molecule has 11 heteroatoms. The monoisotopic (exact) mass is 564 g/mol. The Kier molecular flexibility index (Phi) is 8.92. The molecule has 1 saturated heterocycles. The first-order valence-corrected chi connectivity index (χ1v) is 18.9. The number of esters is 2. The van der Waals surface area contributed by atoms with Crippen molar-refractivity contribution in [3.05, 3.63) is 39.9 Å². The van der Waals surface area contributed by atoms with Crippen LogP contribution in [0.1, 0.15) is 65.7 Å². The van der Waals surface area contributed by atoms with Gasteiger partial charge >= 0.3 is 11.9 Å². The van der Waals surface area contributed by atoms with Crippen molar-refractivity contribution in [2.75, 3.05) is 0 Å². The van der Waals surface area contributed by atoms with Crippen molar-refractivity contribution in [2.24, 2.45) is 11.8 Å². The Morgan fingerprint density at radius 2 is 1.47 bits per heavy atom. The highest BCUT2D eigenvalue weighted by Gasteiger charge is 2.62. The van der Waals surface area contributed by atoms with E-state index in [9.17, 15) is 24.5 Å². The molecule has 1 heterocycles. The molecule has 38 heavy (non-hydrogen) atoms. The summed E-state index contributed by atoms with van der Waals surface area (Å²) >= 11 is 0. The number of ether oxygens (including phenoxy) is 1. The zero-order valence-electron chi connectivity index (χ0n) is 24.9. The molecule has 0 N–H and O–H groups in total. The van der Waals surface area contributed by atoms with E-state index < -0.39 is 57.4 Å². The van der Waals surface area contributed by atoms with E-state index in [4.69, 9.17) is 9.16 Å². The van der Waals surface area contributed by atoms with E-state index in [1.165, 1.54) is 24.3 Å². The van der Waals surface area contributed by atoms with Gasteiger partial charge in [0.05, 0.1) is 34.5 Å². The highest BCUT2D eigenvalue weighted by molar-refractivity contribution is 6.80. The summed E-state index contributed by atoms with van der Waals surface area (Å²) in [4.78, 5) is 50.0. The smallest absolute Gasteiger partial charge is 0.345 e. The number of β-lactam (4-membered cyclic amide) rings is 1. The Labute approximate surface area is 228 Å². The minimum atomic E-state index is -2.38. The van der Waals surface area contributed by atoms with Crippen LogP contribution in [0.5, 0.6) is 0 Å². The van der Waals surface area contributed by atoms with Crippen LogP contribution in [-0.4, -0.2) is 56.0 Å². The summed E-state index contributed by atoms with van der Waals surface area (Å²) in [5.74, 6) is -2.95. The fraction of sp³-hybridized carbons (Fsp3) is 0.667. The Hall–Kier alpha value is -2.38. The minimum absolute atomic E-state index is 0.0193. The molecule has 4 unspecified atom stereocenters. The quantitative estimate of drug-likeness (QED) is 0.0927. The number of nitro groups is 1. The maximum atomic E-state index is 13.7. The largest absolute Gasteiger partial charge is 0.413 e. The van der Waals surface area contributed by atoms with E-state index in [1.54, 1.807) is 6.92 Å². The fourth-order valence-electron chi connectivity index (χ4n) is 4.37. The molecule has 1 aromatic rings. The molecule has 4 atom stereocenters. The predicted molar refractivity (Wildman–Crippen MR) is 152 cm³/mol. The molecular weight excluding hydrogens is 520 g/mol. The summed E-state index contributed by atoms with van der Waals surface area (Å²) in [7, 11) is -4.58. The van der Waals surface area contributed by atoms with E-state index in [-0.39, 0.29) is 27.2 Å². The number of hydrogen-bond donors (Lipinski definition) is 0. The third kappa shape index (κ3) is 6.10. The minimum Gasteiger partial charge on any atom is -0.413 e. The Bertz CT molecular complexity index is 1090. The summed E-state index contributed by atoms with van der Waals surface area (Å²) in [6.45, 7) is 24.8. The number of nitrogens with zero attached hydrogens (tertiary/aromatic N) is 2. The first kappa shape index (κ1) is 31.8. The van der Waals surface area contributed by atoms with Crippen molar-refractivity contribution in [1.82, 2.24) is 4.57 Å². The summed E-state index contributed by atoms with van der Waals surface area (Å²) < 4.78 is 13.7. The normalized spacial score (nSPS) is 20.4. The van der Waals surface area contributed by atoms with Gasteiger partial charge in [-0.2, -0.15) is 0 Å². The molecule has 0 radical (unpaired) electrons. The second-order valence-corrected chi connectivity index (χ2v) is 23.3. The van der Waals surface area contributed by atoms with Crippen LogP contribution in [0.15, 0.2) is 24.3 Å². The number of carbonyl (C=O) groups excluding carboxylic acids is 3. The maximum Gasteiger partial charge on any atom is 0.345 e. The first-order valence-electron chi connectivity index (χ1n) is 13.1. The SMILES string of the molecule is CC(O[Si](C)(C)C(C)(C)C)C1C(=O)N([Si](C)(C)C(C)(C)C)C1C(C)C(=O)OC(=O)c1ccc([N+](=O)[O-])cc1. The van der Waals surface area contributed by atoms with Crippen LogP contribution in [0.3, 0.4) is 0 Å². The van der Waals surface area contributed by atoms with Crippen molar-refractivity contribution in [3.63, 3.8) is 0 Å². The molecule has 0 aliphatic carbocycles. The number of benzene rings is 1. The summed E-state index contributed by atoms with van der Waals surface area (Å²) in [5, 5.41) is 10.7. The van der Waals surface area contributed by atoms with E-state index in [0.29, 0.717) is 0 Å². The average Bonchev–Trinajstić information content (AvgIpc) is 2.74. The van der Waals surface area contributed by atoms with E-state index in [0.717, 1.165) is 0 Å². The molecule has 1 amide bonds. The van der Waals surface area contributed by atoms with Crippen LogP contribution < -0.4 is 0 Å². The number of hydrogen-bond acceptors (Lipinski definition) is 7. The van der Waals surface area contributed by atoms with E-state index in [2.05, 4.69) is 67.7 Å². The molecule has 0 aromatic heterocycles. The van der Waals surface area contributed by atoms with Gasteiger partial charge in [-0.15, -0.1) is 0 Å². The van der Waals surface area contributed by atoms with Gasteiger partial charge in [0.15, 0.2) is 16.6 Å². The highest BCUT2D eigenvalue weighted by atomic mass is 28.4. The van der Waals surface area contributed by atoms with Gasteiger partial charge in [-0.3, -0.25) is 19.7 Å². The summed E-state index contributed by atoms with van der Waals surface area (Å²) in [5.41, 5.74) is -0.133. The fourth-order valence-corrected chi connectivity index (χ4v) is 8.35. The number of rotatable bonds is 8. The molecule has 0 saturated carbocycles. The molecule has 2 rings (SSSR count). The topological polar surface area (TPSA) is 116 Å². The van der Waals surface area contributed by atoms with Crippen LogP contribution in [0.2, 0.25) is 36.3 Å². The van der Waals surface area contributed by atoms with Crippen molar-refractivity contribution in [3.8, 4) is 0 Å². The van der Waals surface area contributed by atoms with Crippen LogP contribution in [0.4, 0.5) is 5.69 Å². The Morgan fingerprint density at radius 1 is 0.974 bits per heavy atom. The molecule has 9 nitrogen and oxygen atoms in total. The Balaban J connectivity index is 2.36. The molecular formula is C27H44N2O7Si2. The van der Waals surface area contributed by atoms with Gasteiger partial charge in [-0.1, -0.05) is 54.6 Å². The van der Waals surface area contributed by atoms with Gasteiger partial charge in [-0.05, 0) is 49.2 Å². The lowest BCUT2D eigenvalue weighted by Crippen LogP contribution is -2.77. The molecule has 0 bridgehead atoms. The standard InChI is InChI=1S/C27H44N2O7Si2/c1-17(24(31)35-25(32)19-13-15-20(16-14-19)29(33)34)22-21(18(2)36-38(11,12)27(6,7)8)23(30)28(22)37(9,10)26(3,4)5/h13-18,21-22H,1-12H3.